The molecule has 4 aromatic rings. The lowest BCUT2D eigenvalue weighted by atomic mass is 10.2. The summed E-state index contributed by atoms with van der Waals surface area (Å²) in [5.74, 6) is 0.352. The number of rotatable bonds is 4. The molecule has 0 atom stereocenters. The highest BCUT2D eigenvalue weighted by atomic mass is 79.9. The van der Waals surface area contributed by atoms with Crippen molar-refractivity contribution in [2.75, 3.05) is 12.4 Å². The van der Waals surface area contributed by atoms with Gasteiger partial charge in [0, 0.05) is 10.2 Å². The number of carbonyl (C=O) groups excluding carboxylic acids is 1. The molecule has 1 amide bonds. The molecular weight excluding hydrogens is 514 g/mol. The van der Waals surface area contributed by atoms with Gasteiger partial charge in [0.25, 0.3) is 5.91 Å². The summed E-state index contributed by atoms with van der Waals surface area (Å²) >= 11 is 14.8. The number of anilines is 1. The molecule has 1 aromatic heterocycles. The van der Waals surface area contributed by atoms with Crippen LogP contribution in [-0.4, -0.2) is 33.1 Å². The maximum Gasteiger partial charge on any atom is 0.258 e. The van der Waals surface area contributed by atoms with Gasteiger partial charge >= 0.3 is 0 Å². The smallest absolute Gasteiger partial charge is 0.258 e. The van der Waals surface area contributed by atoms with E-state index in [1.807, 2.05) is 43.3 Å². The third-order valence-electron chi connectivity index (χ3n) is 4.68. The molecule has 0 unspecified atom stereocenters. The number of aryl methyl sites for hydroxylation is 1. The predicted octanol–water partition coefficient (Wildman–Crippen LogP) is 5.28. The fourth-order valence-corrected chi connectivity index (χ4v) is 3.80. The van der Waals surface area contributed by atoms with Crippen LogP contribution in [0, 0.1) is 6.92 Å². The van der Waals surface area contributed by atoms with Crippen molar-refractivity contribution < 1.29 is 9.53 Å². The molecule has 4 rings (SSSR count). The van der Waals surface area contributed by atoms with Crippen LogP contribution in [0.1, 0.15) is 15.9 Å². The Morgan fingerprint density at radius 2 is 1.78 bits per heavy atom. The number of nitrogens with zero attached hydrogens (tertiary/aromatic N) is 3. The lowest BCUT2D eigenvalue weighted by Gasteiger charge is -2.12. The number of hydrogen-bond donors (Lipinski definition) is 2. The van der Waals surface area contributed by atoms with Crippen molar-refractivity contribution in [1.29, 1.82) is 0 Å². The number of ether oxygens (including phenoxy) is 1. The molecule has 0 saturated heterocycles. The monoisotopic (exact) mass is 529 g/mol. The van der Waals surface area contributed by atoms with Crippen molar-refractivity contribution in [2.24, 2.45) is 0 Å². The summed E-state index contributed by atoms with van der Waals surface area (Å²) in [5, 5.41) is 15.3. The van der Waals surface area contributed by atoms with E-state index in [2.05, 4.69) is 36.8 Å². The maximum atomic E-state index is 12.5. The van der Waals surface area contributed by atoms with Gasteiger partial charge in [-0.2, -0.15) is 4.80 Å². The van der Waals surface area contributed by atoms with E-state index in [0.29, 0.717) is 21.8 Å². The highest BCUT2D eigenvalue weighted by Crippen LogP contribution is 2.24. The third-order valence-corrected chi connectivity index (χ3v) is 5.71. The van der Waals surface area contributed by atoms with Crippen LogP contribution in [0.25, 0.3) is 16.7 Å². The number of halogens is 2. The van der Waals surface area contributed by atoms with Crippen LogP contribution in [0.3, 0.4) is 0 Å². The van der Waals surface area contributed by atoms with Gasteiger partial charge in [0.05, 0.1) is 23.4 Å². The zero-order valence-corrected chi connectivity index (χ0v) is 20.2. The van der Waals surface area contributed by atoms with E-state index in [-0.39, 0.29) is 5.11 Å². The summed E-state index contributed by atoms with van der Waals surface area (Å²) in [6, 6.07) is 16.2. The van der Waals surface area contributed by atoms with Crippen molar-refractivity contribution in [3.8, 4) is 11.4 Å². The van der Waals surface area contributed by atoms with Gasteiger partial charge in [-0.25, -0.2) is 0 Å². The highest BCUT2D eigenvalue weighted by molar-refractivity contribution is 9.10. The number of hydrogen-bond acceptors (Lipinski definition) is 5. The number of fused-ring (bicyclic) bond motifs is 1. The number of nitrogens with one attached hydrogen (secondary N) is 2. The lowest BCUT2D eigenvalue weighted by Crippen LogP contribution is -2.34. The van der Waals surface area contributed by atoms with Gasteiger partial charge < -0.3 is 10.1 Å². The van der Waals surface area contributed by atoms with Crippen LogP contribution in [-0.2, 0) is 0 Å². The normalized spacial score (nSPS) is 10.8. The number of thiocarbonyl (C=S) groups is 1. The highest BCUT2D eigenvalue weighted by Gasteiger charge is 2.14. The number of benzene rings is 3. The molecule has 2 N–H and O–H groups in total. The molecule has 0 aliphatic heterocycles. The molecule has 0 spiro atoms. The van der Waals surface area contributed by atoms with Crippen LogP contribution in [0.2, 0.25) is 5.02 Å². The van der Waals surface area contributed by atoms with Gasteiger partial charge in [-0.3, -0.25) is 10.1 Å². The number of amides is 1. The molecular formula is C22H17BrClN5O2S. The standard InChI is InChI=1S/C22H17BrClN5O2S/c1-12-9-19-20(28-29(27-19)14-4-6-15(31-2)7-5-14)11-18(12)25-22(32)26-21(30)16-10-13(23)3-8-17(16)24/h3-11H,1-2H3,(H2,25,26,30,32). The Hall–Kier alpha value is -3.01. The first-order chi connectivity index (χ1) is 15.3. The van der Waals surface area contributed by atoms with Crippen molar-refractivity contribution in [3.63, 3.8) is 0 Å². The first kappa shape index (κ1) is 22.2. The Labute approximate surface area is 202 Å². The molecule has 0 saturated carbocycles. The molecule has 3 aromatic carbocycles. The van der Waals surface area contributed by atoms with Gasteiger partial charge in [0.15, 0.2) is 5.11 Å². The van der Waals surface area contributed by atoms with Crippen LogP contribution >= 0.6 is 39.7 Å². The molecule has 0 aliphatic rings. The topological polar surface area (TPSA) is 81.1 Å². The third kappa shape index (κ3) is 4.74. The summed E-state index contributed by atoms with van der Waals surface area (Å²) in [7, 11) is 1.62. The zero-order valence-electron chi connectivity index (χ0n) is 17.0. The summed E-state index contributed by atoms with van der Waals surface area (Å²) in [6.45, 7) is 1.92. The predicted molar refractivity (Wildman–Crippen MR) is 133 cm³/mol. The second kappa shape index (κ2) is 9.23. The van der Waals surface area contributed by atoms with E-state index in [0.717, 1.165) is 27.0 Å². The van der Waals surface area contributed by atoms with Gasteiger partial charge in [0.1, 0.15) is 16.8 Å². The summed E-state index contributed by atoms with van der Waals surface area (Å²) in [6.07, 6.45) is 0. The minimum absolute atomic E-state index is 0.149. The summed E-state index contributed by atoms with van der Waals surface area (Å²) in [4.78, 5) is 14.1. The van der Waals surface area contributed by atoms with E-state index < -0.39 is 5.91 Å². The van der Waals surface area contributed by atoms with Gasteiger partial charge in [-0.1, -0.05) is 27.5 Å². The van der Waals surface area contributed by atoms with Crippen molar-refractivity contribution >= 4 is 67.5 Å². The zero-order chi connectivity index (χ0) is 22.8. The van der Waals surface area contributed by atoms with Crippen LogP contribution in [0.4, 0.5) is 5.69 Å². The Bertz CT molecular complexity index is 1340. The second-order valence-electron chi connectivity index (χ2n) is 6.88. The van der Waals surface area contributed by atoms with Crippen LogP contribution in [0.15, 0.2) is 59.1 Å². The van der Waals surface area contributed by atoms with E-state index in [4.69, 9.17) is 28.6 Å². The first-order valence-corrected chi connectivity index (χ1v) is 11.0. The Morgan fingerprint density at radius 1 is 1.09 bits per heavy atom. The molecule has 0 radical (unpaired) electrons. The number of methoxy groups -OCH3 is 1. The van der Waals surface area contributed by atoms with Crippen molar-refractivity contribution in [3.05, 3.63) is 75.2 Å². The van der Waals surface area contributed by atoms with Crippen LogP contribution in [0.5, 0.6) is 5.75 Å². The first-order valence-electron chi connectivity index (χ1n) is 9.43. The molecule has 162 valence electrons. The molecule has 0 bridgehead atoms. The molecule has 32 heavy (non-hydrogen) atoms. The molecule has 1 heterocycles. The van der Waals surface area contributed by atoms with Gasteiger partial charge in [-0.05, 0) is 79.3 Å². The van der Waals surface area contributed by atoms with Gasteiger partial charge in [-0.15, -0.1) is 10.2 Å². The van der Waals surface area contributed by atoms with Crippen molar-refractivity contribution in [2.45, 2.75) is 6.92 Å². The summed E-state index contributed by atoms with van der Waals surface area (Å²) < 4.78 is 5.93. The molecule has 7 nitrogen and oxygen atoms in total. The molecule has 0 aliphatic carbocycles. The minimum Gasteiger partial charge on any atom is -0.497 e. The quantitative estimate of drug-likeness (QED) is 0.350. The van der Waals surface area contributed by atoms with Gasteiger partial charge in [0.2, 0.25) is 0 Å². The van der Waals surface area contributed by atoms with E-state index in [1.165, 1.54) is 0 Å². The Morgan fingerprint density at radius 3 is 2.47 bits per heavy atom. The molecule has 0 fully saturated rings. The van der Waals surface area contributed by atoms with Crippen LogP contribution < -0.4 is 15.4 Å². The van der Waals surface area contributed by atoms with E-state index in [9.17, 15) is 4.79 Å². The molecule has 10 heteroatoms. The van der Waals surface area contributed by atoms with E-state index >= 15 is 0 Å². The fraction of sp³-hybridized carbons (Fsp3) is 0.0909. The largest absolute Gasteiger partial charge is 0.497 e. The average molecular weight is 531 g/mol. The minimum atomic E-state index is -0.405. The Kier molecular flexibility index (Phi) is 6.40. The number of aromatic nitrogens is 3. The second-order valence-corrected chi connectivity index (χ2v) is 8.61. The average Bonchev–Trinajstić information content (AvgIpc) is 3.18. The number of carbonyl (C=O) groups is 1. The maximum absolute atomic E-state index is 12.5. The Balaban J connectivity index is 1.53. The lowest BCUT2D eigenvalue weighted by molar-refractivity contribution is 0.0978. The SMILES string of the molecule is COc1ccc(-n2nc3cc(C)c(NC(=S)NC(=O)c4cc(Br)ccc4Cl)cc3n2)cc1. The van der Waals surface area contributed by atoms with E-state index in [1.54, 1.807) is 30.1 Å². The fourth-order valence-electron chi connectivity index (χ4n) is 3.03. The van der Waals surface area contributed by atoms with Crippen molar-refractivity contribution in [1.82, 2.24) is 20.3 Å². The summed E-state index contributed by atoms with van der Waals surface area (Å²) in [5.41, 5.74) is 4.15.